The maximum absolute atomic E-state index is 12.7. The Balaban J connectivity index is 1.35. The third-order valence-electron chi connectivity index (χ3n) is 5.73. The minimum absolute atomic E-state index is 0.0295. The number of hydrogen-bond acceptors (Lipinski definition) is 7. The van der Waals surface area contributed by atoms with Crippen molar-refractivity contribution in [3.8, 4) is 0 Å². The van der Waals surface area contributed by atoms with Crippen LogP contribution in [0, 0.1) is 5.92 Å². The van der Waals surface area contributed by atoms with Gasteiger partial charge in [-0.1, -0.05) is 6.07 Å². The van der Waals surface area contributed by atoms with E-state index in [1.807, 2.05) is 25.3 Å². The molecule has 2 aromatic heterocycles. The van der Waals surface area contributed by atoms with Gasteiger partial charge in [-0.25, -0.2) is 9.97 Å². The van der Waals surface area contributed by atoms with E-state index >= 15 is 0 Å². The van der Waals surface area contributed by atoms with Crippen LogP contribution in [-0.2, 0) is 9.53 Å². The summed E-state index contributed by atoms with van der Waals surface area (Å²) in [4.78, 5) is 30.2. The molecule has 2 aromatic rings. The van der Waals surface area contributed by atoms with Crippen LogP contribution >= 0.6 is 0 Å². The van der Waals surface area contributed by atoms with Gasteiger partial charge in [0.05, 0.1) is 31.1 Å². The van der Waals surface area contributed by atoms with Crippen molar-refractivity contribution < 1.29 is 9.53 Å². The van der Waals surface area contributed by atoms with Gasteiger partial charge in [0.1, 0.15) is 6.33 Å². The third-order valence-corrected chi connectivity index (χ3v) is 5.73. The molecule has 29 heavy (non-hydrogen) atoms. The fraction of sp³-hybridized carbons (Fsp3) is 0.524. The Morgan fingerprint density at radius 1 is 1.14 bits per heavy atom. The van der Waals surface area contributed by atoms with Gasteiger partial charge < -0.3 is 19.9 Å². The van der Waals surface area contributed by atoms with Crippen LogP contribution in [0.4, 0.5) is 11.5 Å². The SMILES string of the molecule is CC(NC(=O)C1CCN(c2cncnc2N2CCOCC2)CC1)c1cccnc1. The molecule has 1 unspecified atom stereocenters. The van der Waals surface area contributed by atoms with E-state index in [0.717, 1.165) is 69.3 Å². The lowest BCUT2D eigenvalue weighted by molar-refractivity contribution is -0.126. The van der Waals surface area contributed by atoms with Gasteiger partial charge in [-0.05, 0) is 31.4 Å². The highest BCUT2D eigenvalue weighted by atomic mass is 16.5. The minimum Gasteiger partial charge on any atom is -0.378 e. The van der Waals surface area contributed by atoms with Gasteiger partial charge in [0.15, 0.2) is 5.82 Å². The molecule has 0 saturated carbocycles. The monoisotopic (exact) mass is 396 g/mol. The van der Waals surface area contributed by atoms with Crippen LogP contribution in [0.5, 0.6) is 0 Å². The molecule has 4 rings (SSSR count). The van der Waals surface area contributed by atoms with Crippen LogP contribution in [0.15, 0.2) is 37.1 Å². The molecular weight excluding hydrogens is 368 g/mol. The summed E-state index contributed by atoms with van der Waals surface area (Å²) < 4.78 is 5.46. The standard InChI is InChI=1S/C21H28N6O2/c1-16(18-3-2-6-22-13-18)25-21(28)17-4-7-26(8-5-17)19-14-23-15-24-20(19)27-9-11-29-12-10-27/h2-3,6,13-17H,4-5,7-12H2,1H3,(H,25,28). The molecule has 2 aliphatic rings. The van der Waals surface area contributed by atoms with Gasteiger partial charge in [0.25, 0.3) is 0 Å². The zero-order valence-electron chi connectivity index (χ0n) is 16.8. The Labute approximate surface area is 171 Å². The largest absolute Gasteiger partial charge is 0.378 e. The summed E-state index contributed by atoms with van der Waals surface area (Å²) in [7, 11) is 0. The summed E-state index contributed by atoms with van der Waals surface area (Å²) in [6.45, 7) is 6.78. The predicted octanol–water partition coefficient (Wildman–Crippen LogP) is 1.80. The maximum Gasteiger partial charge on any atom is 0.223 e. The molecule has 2 aliphatic heterocycles. The van der Waals surface area contributed by atoms with Gasteiger partial charge in [0.2, 0.25) is 5.91 Å². The van der Waals surface area contributed by atoms with Crippen LogP contribution in [0.2, 0.25) is 0 Å². The second-order valence-electron chi connectivity index (χ2n) is 7.61. The number of anilines is 2. The Hall–Kier alpha value is -2.74. The first-order valence-corrected chi connectivity index (χ1v) is 10.3. The molecule has 1 amide bonds. The number of rotatable bonds is 5. The Bertz CT molecular complexity index is 804. The summed E-state index contributed by atoms with van der Waals surface area (Å²) >= 11 is 0. The molecule has 0 aliphatic carbocycles. The fourth-order valence-corrected chi connectivity index (χ4v) is 3.99. The van der Waals surface area contributed by atoms with Crippen molar-refractivity contribution in [2.45, 2.75) is 25.8 Å². The molecule has 154 valence electrons. The Morgan fingerprint density at radius 2 is 1.93 bits per heavy atom. The highest BCUT2D eigenvalue weighted by Gasteiger charge is 2.28. The van der Waals surface area contributed by atoms with Crippen LogP contribution < -0.4 is 15.1 Å². The van der Waals surface area contributed by atoms with E-state index in [4.69, 9.17) is 4.74 Å². The molecule has 1 atom stereocenters. The number of carbonyl (C=O) groups is 1. The van der Waals surface area contributed by atoms with Gasteiger partial charge >= 0.3 is 0 Å². The van der Waals surface area contributed by atoms with E-state index < -0.39 is 0 Å². The van der Waals surface area contributed by atoms with E-state index in [9.17, 15) is 4.79 Å². The van der Waals surface area contributed by atoms with E-state index in [2.05, 4.69) is 30.1 Å². The highest BCUT2D eigenvalue weighted by molar-refractivity contribution is 5.79. The lowest BCUT2D eigenvalue weighted by atomic mass is 9.95. The van der Waals surface area contributed by atoms with Crippen LogP contribution in [0.25, 0.3) is 0 Å². The normalized spacial score (nSPS) is 19.1. The summed E-state index contributed by atoms with van der Waals surface area (Å²) in [5.74, 6) is 1.12. The number of morpholine rings is 1. The van der Waals surface area contributed by atoms with Crippen molar-refractivity contribution >= 4 is 17.4 Å². The molecule has 0 bridgehead atoms. The summed E-state index contributed by atoms with van der Waals surface area (Å²) in [6.07, 6.45) is 8.69. The predicted molar refractivity (Wildman–Crippen MR) is 111 cm³/mol. The second kappa shape index (κ2) is 9.17. The number of pyridine rings is 1. The molecule has 1 N–H and O–H groups in total. The molecule has 0 radical (unpaired) electrons. The lowest BCUT2D eigenvalue weighted by Crippen LogP contribution is -2.43. The summed E-state index contributed by atoms with van der Waals surface area (Å²) in [5, 5.41) is 3.14. The smallest absolute Gasteiger partial charge is 0.223 e. The molecule has 0 spiro atoms. The van der Waals surface area contributed by atoms with Crippen molar-refractivity contribution in [2.75, 3.05) is 49.2 Å². The fourth-order valence-electron chi connectivity index (χ4n) is 3.99. The second-order valence-corrected chi connectivity index (χ2v) is 7.61. The highest BCUT2D eigenvalue weighted by Crippen LogP contribution is 2.30. The number of hydrogen-bond donors (Lipinski definition) is 1. The quantitative estimate of drug-likeness (QED) is 0.825. The number of piperidine rings is 1. The van der Waals surface area contributed by atoms with Crippen molar-refractivity contribution in [3.05, 3.63) is 42.6 Å². The summed E-state index contributed by atoms with van der Waals surface area (Å²) in [5.41, 5.74) is 2.08. The van der Waals surface area contributed by atoms with Crippen molar-refractivity contribution in [1.82, 2.24) is 20.3 Å². The average molecular weight is 396 g/mol. The lowest BCUT2D eigenvalue weighted by Gasteiger charge is -2.36. The van der Waals surface area contributed by atoms with Gasteiger partial charge in [-0.3, -0.25) is 9.78 Å². The van der Waals surface area contributed by atoms with Gasteiger partial charge in [-0.15, -0.1) is 0 Å². The molecular formula is C21H28N6O2. The Kier molecular flexibility index (Phi) is 6.19. The Morgan fingerprint density at radius 3 is 2.66 bits per heavy atom. The topological polar surface area (TPSA) is 83.5 Å². The molecule has 2 fully saturated rings. The van der Waals surface area contributed by atoms with Crippen molar-refractivity contribution in [1.29, 1.82) is 0 Å². The number of carbonyl (C=O) groups excluding carboxylic acids is 1. The van der Waals surface area contributed by atoms with E-state index in [1.54, 1.807) is 18.7 Å². The van der Waals surface area contributed by atoms with Gasteiger partial charge in [0, 0.05) is 44.5 Å². The number of nitrogens with one attached hydrogen (secondary N) is 1. The molecule has 8 nitrogen and oxygen atoms in total. The maximum atomic E-state index is 12.7. The van der Waals surface area contributed by atoms with Crippen LogP contribution in [-0.4, -0.2) is 60.3 Å². The average Bonchev–Trinajstić information content (AvgIpc) is 2.80. The molecule has 0 aromatic carbocycles. The zero-order chi connectivity index (χ0) is 20.1. The zero-order valence-corrected chi connectivity index (χ0v) is 16.8. The van der Waals surface area contributed by atoms with Gasteiger partial charge in [-0.2, -0.15) is 0 Å². The van der Waals surface area contributed by atoms with Crippen molar-refractivity contribution in [2.24, 2.45) is 5.92 Å². The third kappa shape index (κ3) is 4.64. The van der Waals surface area contributed by atoms with Crippen LogP contribution in [0.1, 0.15) is 31.4 Å². The van der Waals surface area contributed by atoms with Crippen LogP contribution in [0.3, 0.4) is 0 Å². The minimum atomic E-state index is -0.0373. The number of aromatic nitrogens is 3. The van der Waals surface area contributed by atoms with E-state index in [-0.39, 0.29) is 17.9 Å². The molecule has 2 saturated heterocycles. The number of nitrogens with zero attached hydrogens (tertiary/aromatic N) is 5. The number of amides is 1. The first-order valence-electron chi connectivity index (χ1n) is 10.3. The number of ether oxygens (including phenoxy) is 1. The molecule has 8 heteroatoms. The first kappa shape index (κ1) is 19.6. The van der Waals surface area contributed by atoms with E-state index in [1.165, 1.54) is 0 Å². The first-order chi connectivity index (χ1) is 14.2. The van der Waals surface area contributed by atoms with Crippen molar-refractivity contribution in [3.63, 3.8) is 0 Å². The summed E-state index contributed by atoms with van der Waals surface area (Å²) in [6, 6.07) is 3.85. The van der Waals surface area contributed by atoms with E-state index in [0.29, 0.717) is 0 Å². The molecule has 4 heterocycles.